The van der Waals surface area contributed by atoms with Crippen molar-refractivity contribution in [2.75, 3.05) is 11.5 Å². The van der Waals surface area contributed by atoms with Crippen molar-refractivity contribution in [3.8, 4) is 11.4 Å². The summed E-state index contributed by atoms with van der Waals surface area (Å²) in [4.78, 5) is 12.6. The summed E-state index contributed by atoms with van der Waals surface area (Å²) in [5.41, 5.74) is 13.5. The highest BCUT2D eigenvalue weighted by atomic mass is 32.2. The van der Waals surface area contributed by atoms with E-state index in [0.29, 0.717) is 34.3 Å². The number of benzene rings is 1. The van der Waals surface area contributed by atoms with Crippen LogP contribution in [0.1, 0.15) is 18.4 Å². The van der Waals surface area contributed by atoms with E-state index in [4.69, 9.17) is 16.0 Å². The lowest BCUT2D eigenvalue weighted by molar-refractivity contribution is 0.391. The first-order valence-corrected chi connectivity index (χ1v) is 8.07. The van der Waals surface area contributed by atoms with Crippen LogP contribution in [0.4, 0.5) is 11.6 Å². The molecule has 0 amide bonds. The highest BCUT2D eigenvalue weighted by molar-refractivity contribution is 7.98. The number of aromatic nitrogens is 4. The molecule has 0 bridgehead atoms. The van der Waals surface area contributed by atoms with Gasteiger partial charge in [0.1, 0.15) is 11.6 Å². The summed E-state index contributed by atoms with van der Waals surface area (Å²) < 4.78 is 5.26. The Kier molecular flexibility index (Phi) is 4.42. The molecule has 0 fully saturated rings. The maximum Gasteiger partial charge on any atom is 0.237 e. The van der Waals surface area contributed by atoms with Crippen molar-refractivity contribution in [3.05, 3.63) is 41.8 Å². The quantitative estimate of drug-likeness (QED) is 0.542. The first-order valence-electron chi connectivity index (χ1n) is 7.09. The van der Waals surface area contributed by atoms with Gasteiger partial charge in [-0.25, -0.2) is 9.97 Å². The third kappa shape index (κ3) is 3.78. The molecule has 8 heteroatoms. The van der Waals surface area contributed by atoms with Gasteiger partial charge in [0.05, 0.1) is 5.75 Å². The Morgan fingerprint density at radius 3 is 2.39 bits per heavy atom. The van der Waals surface area contributed by atoms with Crippen LogP contribution in [-0.4, -0.2) is 20.1 Å². The summed E-state index contributed by atoms with van der Waals surface area (Å²) in [6.45, 7) is 2.11. The van der Waals surface area contributed by atoms with Gasteiger partial charge >= 0.3 is 0 Å². The lowest BCUT2D eigenvalue weighted by Gasteiger charge is -2.00. The molecule has 0 unspecified atom stereocenters. The molecule has 0 aliphatic heterocycles. The highest BCUT2D eigenvalue weighted by Gasteiger charge is 2.10. The summed E-state index contributed by atoms with van der Waals surface area (Å²) in [7, 11) is 0. The normalized spacial score (nSPS) is 10.8. The number of hydrogen-bond acceptors (Lipinski definition) is 8. The minimum Gasteiger partial charge on any atom is -0.383 e. The zero-order valence-electron chi connectivity index (χ0n) is 12.6. The monoisotopic (exact) mass is 328 g/mol. The number of nitrogens with zero attached hydrogens (tertiary/aromatic N) is 4. The van der Waals surface area contributed by atoms with Crippen molar-refractivity contribution in [1.29, 1.82) is 0 Å². The Bertz CT molecular complexity index is 782. The smallest absolute Gasteiger partial charge is 0.237 e. The number of thioether (sulfide) groups is 1. The lowest BCUT2D eigenvalue weighted by Crippen LogP contribution is -1.99. The van der Waals surface area contributed by atoms with Crippen LogP contribution in [0.5, 0.6) is 0 Å². The summed E-state index contributed by atoms with van der Waals surface area (Å²) >= 11 is 1.34. The number of hydrogen-bond donors (Lipinski definition) is 2. The van der Waals surface area contributed by atoms with Gasteiger partial charge in [-0.15, -0.1) is 0 Å². The fourth-order valence-corrected chi connectivity index (χ4v) is 2.68. The maximum atomic E-state index is 5.64. The van der Waals surface area contributed by atoms with Crippen molar-refractivity contribution < 1.29 is 4.52 Å². The van der Waals surface area contributed by atoms with Gasteiger partial charge in [0.15, 0.2) is 5.16 Å². The van der Waals surface area contributed by atoms with E-state index in [1.165, 1.54) is 23.4 Å². The lowest BCUT2D eigenvalue weighted by atomic mass is 10.1. The van der Waals surface area contributed by atoms with E-state index < -0.39 is 0 Å². The number of anilines is 2. The number of nitrogens with two attached hydrogens (primary N) is 2. The number of nitrogen functional groups attached to an aromatic ring is 2. The van der Waals surface area contributed by atoms with Gasteiger partial charge in [-0.2, -0.15) is 4.98 Å². The zero-order chi connectivity index (χ0) is 16.2. The molecule has 3 rings (SSSR count). The summed E-state index contributed by atoms with van der Waals surface area (Å²) in [6.07, 6.45) is 0.998. The van der Waals surface area contributed by atoms with Gasteiger partial charge in [-0.05, 0) is 12.0 Å². The zero-order valence-corrected chi connectivity index (χ0v) is 13.4. The van der Waals surface area contributed by atoms with Gasteiger partial charge < -0.3 is 16.0 Å². The molecule has 0 atom stereocenters. The van der Waals surface area contributed by atoms with Crippen molar-refractivity contribution in [1.82, 2.24) is 20.1 Å². The average Bonchev–Trinajstić information content (AvgIpc) is 3.01. The van der Waals surface area contributed by atoms with Gasteiger partial charge in [-0.1, -0.05) is 48.1 Å². The van der Waals surface area contributed by atoms with Crippen molar-refractivity contribution in [3.63, 3.8) is 0 Å². The van der Waals surface area contributed by atoms with Gasteiger partial charge in [0.25, 0.3) is 0 Å². The van der Waals surface area contributed by atoms with Crippen molar-refractivity contribution in [2.45, 2.75) is 24.3 Å². The maximum absolute atomic E-state index is 5.64. The molecule has 0 aliphatic carbocycles. The molecule has 7 nitrogen and oxygen atoms in total. The van der Waals surface area contributed by atoms with Crippen LogP contribution in [0.3, 0.4) is 0 Å². The van der Waals surface area contributed by atoms with Gasteiger partial charge in [0, 0.05) is 11.6 Å². The Morgan fingerprint density at radius 2 is 1.74 bits per heavy atom. The van der Waals surface area contributed by atoms with Crippen molar-refractivity contribution >= 4 is 23.4 Å². The Balaban J connectivity index is 1.69. The van der Waals surface area contributed by atoms with E-state index in [1.807, 2.05) is 12.1 Å². The highest BCUT2D eigenvalue weighted by Crippen LogP contribution is 2.22. The predicted molar refractivity (Wildman–Crippen MR) is 89.5 cm³/mol. The minimum absolute atomic E-state index is 0.335. The molecular formula is C15H16N6OS. The fourth-order valence-electron chi connectivity index (χ4n) is 1.97. The molecule has 0 saturated heterocycles. The number of aryl methyl sites for hydroxylation is 1. The van der Waals surface area contributed by atoms with Crippen LogP contribution in [0.2, 0.25) is 0 Å². The second-order valence-electron chi connectivity index (χ2n) is 4.85. The predicted octanol–water partition coefficient (Wildman–Crippen LogP) is 2.55. The second kappa shape index (κ2) is 6.66. The molecule has 0 spiro atoms. The molecule has 0 radical (unpaired) electrons. The third-order valence-corrected chi connectivity index (χ3v) is 3.99. The molecule has 4 N–H and O–H groups in total. The summed E-state index contributed by atoms with van der Waals surface area (Å²) in [6, 6.07) is 9.60. The van der Waals surface area contributed by atoms with E-state index in [-0.39, 0.29) is 0 Å². The molecule has 118 valence electrons. The van der Waals surface area contributed by atoms with Crippen LogP contribution in [0, 0.1) is 0 Å². The average molecular weight is 328 g/mol. The molecule has 1 aromatic carbocycles. The van der Waals surface area contributed by atoms with Gasteiger partial charge in [-0.3, -0.25) is 0 Å². The first kappa shape index (κ1) is 15.3. The van der Waals surface area contributed by atoms with Crippen LogP contribution in [0.25, 0.3) is 11.4 Å². The first-order chi connectivity index (χ1) is 11.1. The minimum atomic E-state index is 0.335. The fraction of sp³-hybridized carbons (Fsp3) is 0.200. The molecule has 2 heterocycles. The number of rotatable bonds is 5. The van der Waals surface area contributed by atoms with E-state index in [0.717, 1.165) is 12.0 Å². The van der Waals surface area contributed by atoms with Crippen LogP contribution in [0.15, 0.2) is 40.0 Å². The van der Waals surface area contributed by atoms with E-state index in [2.05, 4.69) is 39.2 Å². The van der Waals surface area contributed by atoms with E-state index >= 15 is 0 Å². The SMILES string of the molecule is CCc1ccc(-c2noc(CSc3nc(N)cc(N)n3)n2)cc1. The third-order valence-electron chi connectivity index (χ3n) is 3.16. The largest absolute Gasteiger partial charge is 0.383 e. The Labute approximate surface area is 137 Å². The molecule has 2 aromatic heterocycles. The van der Waals surface area contributed by atoms with E-state index in [9.17, 15) is 0 Å². The summed E-state index contributed by atoms with van der Waals surface area (Å²) in [5, 5.41) is 4.48. The van der Waals surface area contributed by atoms with Crippen LogP contribution >= 0.6 is 11.8 Å². The molecule has 3 aromatic rings. The topological polar surface area (TPSA) is 117 Å². The molecule has 0 aliphatic rings. The van der Waals surface area contributed by atoms with Crippen molar-refractivity contribution in [2.24, 2.45) is 0 Å². The van der Waals surface area contributed by atoms with Gasteiger partial charge in [0.2, 0.25) is 11.7 Å². The second-order valence-corrected chi connectivity index (χ2v) is 5.79. The Hall–Kier alpha value is -2.61. The molecule has 23 heavy (non-hydrogen) atoms. The Morgan fingerprint density at radius 1 is 1.04 bits per heavy atom. The standard InChI is InChI=1S/C15H16N6OS/c1-2-9-3-5-10(6-4-9)14-20-13(22-21-14)8-23-15-18-11(16)7-12(17)19-15/h3-7H,2,8H2,1H3,(H4,16,17,18,19). The summed E-state index contributed by atoms with van der Waals surface area (Å²) in [5.74, 6) is 2.18. The van der Waals surface area contributed by atoms with Crippen LogP contribution < -0.4 is 11.5 Å². The van der Waals surface area contributed by atoms with E-state index in [1.54, 1.807) is 0 Å². The van der Waals surface area contributed by atoms with Crippen LogP contribution in [-0.2, 0) is 12.2 Å². The molecule has 0 saturated carbocycles. The molecular weight excluding hydrogens is 312 g/mol.